The molecule has 12 heteroatoms. The highest BCUT2D eigenvalue weighted by Gasteiger charge is 2.60. The molecule has 1 unspecified atom stereocenters. The Balaban J connectivity index is 1.73. The van der Waals surface area contributed by atoms with Crippen LogP contribution < -0.4 is 27.1 Å². The average molecular weight is 618 g/mol. The average Bonchev–Trinajstić information content (AvgIpc) is 3.45. The number of thiazole rings is 1. The molecule has 2 aliphatic rings. The van der Waals surface area contributed by atoms with E-state index in [9.17, 15) is 19.2 Å². The minimum Gasteiger partial charge on any atom is -0.428 e. The summed E-state index contributed by atoms with van der Waals surface area (Å²) in [5.74, 6) is -0.118. The molecule has 5 heterocycles. The zero-order chi connectivity index (χ0) is 28.2. The quantitative estimate of drug-likeness (QED) is 0.301. The number of fused-ring (bicyclic) bond motifs is 7. The Bertz CT molecular complexity index is 2160. The number of nitrogens with zero attached hydrogens (tertiary/aromatic N) is 4. The van der Waals surface area contributed by atoms with Gasteiger partial charge in [0.25, 0.3) is 5.56 Å². The van der Waals surface area contributed by atoms with E-state index in [4.69, 9.17) is 9.40 Å². The van der Waals surface area contributed by atoms with E-state index in [0.29, 0.717) is 27.8 Å². The summed E-state index contributed by atoms with van der Waals surface area (Å²) in [6, 6.07) is 12.4. The van der Waals surface area contributed by atoms with Crippen LogP contribution in [-0.4, -0.2) is 20.0 Å². The van der Waals surface area contributed by atoms with Crippen LogP contribution in [0.3, 0.4) is 0 Å². The first-order chi connectivity index (χ1) is 19.0. The molecule has 0 fully saturated rings. The van der Waals surface area contributed by atoms with Gasteiger partial charge in [0.15, 0.2) is 5.13 Å². The Morgan fingerprint density at radius 2 is 1.75 bits per heavy atom. The van der Waals surface area contributed by atoms with Gasteiger partial charge >= 0.3 is 11.3 Å². The summed E-state index contributed by atoms with van der Waals surface area (Å²) >= 11 is 4.88. The zero-order valence-electron chi connectivity index (χ0n) is 21.7. The largest absolute Gasteiger partial charge is 0.428 e. The van der Waals surface area contributed by atoms with Gasteiger partial charge in [0, 0.05) is 35.9 Å². The molecule has 1 atom stereocenters. The first-order valence-electron chi connectivity index (χ1n) is 12.3. The van der Waals surface area contributed by atoms with Gasteiger partial charge in [0.1, 0.15) is 17.0 Å². The van der Waals surface area contributed by atoms with E-state index >= 15 is 0 Å². The molecule has 200 valence electrons. The highest BCUT2D eigenvalue weighted by molar-refractivity contribution is 9.10. The van der Waals surface area contributed by atoms with Crippen molar-refractivity contribution in [3.63, 3.8) is 0 Å². The topological polar surface area (TPSA) is 119 Å². The molecule has 3 aromatic heterocycles. The SMILES string of the molecule is Cc1cc2c(c(=O)o1)C1(C(=O)Nc3ccccc31)c1c(n(C)c(=O)n(C)c1=O)N2c1nc2c(C)cc(Br)cc2s1. The third-order valence-electron chi connectivity index (χ3n) is 7.64. The number of halogens is 1. The van der Waals surface area contributed by atoms with Crippen molar-refractivity contribution in [3.8, 4) is 0 Å². The molecular formula is C28H20BrN5O5S. The number of carbonyl (C=O) groups excluding carboxylic acids is 1. The standard InChI is InChI=1S/C28H20BrN5O5S/c1-12-9-14(29)11-18-21(12)31-26(40-18)34-17-10-13(2)39-24(36)19(17)28(15-7-5-6-8-16(15)30-25(28)37)20-22(34)32(3)27(38)33(4)23(20)35/h5-11H,1-4H3,(H,30,37). The van der Waals surface area contributed by atoms with E-state index in [2.05, 4.69) is 21.2 Å². The fourth-order valence-electron chi connectivity index (χ4n) is 5.97. The van der Waals surface area contributed by atoms with Gasteiger partial charge < -0.3 is 9.73 Å². The number of para-hydroxylation sites is 1. The lowest BCUT2D eigenvalue weighted by Crippen LogP contribution is -2.53. The third-order valence-corrected chi connectivity index (χ3v) is 9.09. The number of amides is 1. The summed E-state index contributed by atoms with van der Waals surface area (Å²) in [5.41, 5.74) is -1.06. The van der Waals surface area contributed by atoms with Crippen LogP contribution in [-0.2, 0) is 24.3 Å². The van der Waals surface area contributed by atoms with E-state index in [-0.39, 0.29) is 16.9 Å². The molecule has 1 amide bonds. The van der Waals surface area contributed by atoms with E-state index in [0.717, 1.165) is 24.8 Å². The summed E-state index contributed by atoms with van der Waals surface area (Å²) in [5, 5.41) is 3.28. The van der Waals surface area contributed by atoms with E-state index < -0.39 is 28.2 Å². The Morgan fingerprint density at radius 3 is 2.52 bits per heavy atom. The fraction of sp³-hybridized carbons (Fsp3) is 0.179. The molecule has 40 heavy (non-hydrogen) atoms. The number of nitrogens with one attached hydrogen (secondary N) is 1. The lowest BCUT2D eigenvalue weighted by molar-refractivity contribution is -0.118. The van der Waals surface area contributed by atoms with Crippen LogP contribution in [0.25, 0.3) is 10.2 Å². The van der Waals surface area contributed by atoms with Crippen molar-refractivity contribution >= 4 is 65.7 Å². The number of aromatic nitrogens is 3. The van der Waals surface area contributed by atoms with Crippen LogP contribution >= 0.6 is 27.3 Å². The van der Waals surface area contributed by atoms with Crippen LogP contribution in [0.5, 0.6) is 0 Å². The number of hydrogen-bond donors (Lipinski definition) is 1. The summed E-state index contributed by atoms with van der Waals surface area (Å²) in [6.45, 7) is 3.57. The molecule has 0 aliphatic carbocycles. The highest BCUT2D eigenvalue weighted by Crippen LogP contribution is 2.56. The minimum atomic E-state index is -1.86. The van der Waals surface area contributed by atoms with Crippen molar-refractivity contribution in [2.75, 3.05) is 10.2 Å². The maximum Gasteiger partial charge on any atom is 0.343 e. The van der Waals surface area contributed by atoms with Crippen LogP contribution in [0.1, 0.15) is 28.0 Å². The molecule has 0 saturated heterocycles. The van der Waals surface area contributed by atoms with Crippen molar-refractivity contribution < 1.29 is 9.21 Å². The maximum absolute atomic E-state index is 14.1. The van der Waals surface area contributed by atoms with Gasteiger partial charge in [-0.15, -0.1) is 0 Å². The summed E-state index contributed by atoms with van der Waals surface area (Å²) in [6.07, 6.45) is 0. The predicted octanol–water partition coefficient (Wildman–Crippen LogP) is 4.10. The molecule has 0 saturated carbocycles. The number of anilines is 4. The molecule has 0 bridgehead atoms. The first-order valence-corrected chi connectivity index (χ1v) is 13.9. The monoisotopic (exact) mass is 617 g/mol. The second-order valence-corrected chi connectivity index (χ2v) is 11.9. The number of hydrogen-bond acceptors (Lipinski definition) is 8. The summed E-state index contributed by atoms with van der Waals surface area (Å²) in [4.78, 5) is 62.0. The van der Waals surface area contributed by atoms with E-state index in [1.54, 1.807) is 49.2 Å². The molecule has 5 aromatic rings. The molecule has 1 N–H and O–H groups in total. The smallest absolute Gasteiger partial charge is 0.343 e. The number of benzene rings is 2. The predicted molar refractivity (Wildman–Crippen MR) is 155 cm³/mol. The Kier molecular flexibility index (Phi) is 5.02. The van der Waals surface area contributed by atoms with Crippen molar-refractivity contribution in [2.45, 2.75) is 19.3 Å². The van der Waals surface area contributed by atoms with Gasteiger partial charge in [-0.25, -0.2) is 14.6 Å². The van der Waals surface area contributed by atoms with E-state index in [1.165, 1.54) is 23.0 Å². The molecule has 0 radical (unpaired) electrons. The van der Waals surface area contributed by atoms with Crippen LogP contribution in [0.2, 0.25) is 0 Å². The van der Waals surface area contributed by atoms with Gasteiger partial charge in [-0.05, 0) is 37.6 Å². The van der Waals surface area contributed by atoms with Crippen molar-refractivity contribution in [3.05, 3.63) is 106 Å². The Hall–Kier alpha value is -4.29. The highest BCUT2D eigenvalue weighted by atomic mass is 79.9. The van der Waals surface area contributed by atoms with Crippen LogP contribution in [0, 0.1) is 13.8 Å². The fourth-order valence-corrected chi connectivity index (χ4v) is 7.79. The summed E-state index contributed by atoms with van der Waals surface area (Å²) < 4.78 is 9.60. The number of carbonyl (C=O) groups is 1. The molecule has 7 rings (SSSR count). The van der Waals surface area contributed by atoms with Crippen LogP contribution in [0.15, 0.2) is 65.7 Å². The number of aryl methyl sites for hydroxylation is 2. The number of rotatable bonds is 1. The summed E-state index contributed by atoms with van der Waals surface area (Å²) in [7, 11) is 2.89. The Labute approximate surface area is 238 Å². The van der Waals surface area contributed by atoms with Gasteiger partial charge in [-0.2, -0.15) is 0 Å². The Morgan fingerprint density at radius 1 is 1.00 bits per heavy atom. The van der Waals surface area contributed by atoms with Gasteiger partial charge in [0.05, 0.1) is 27.0 Å². The second-order valence-electron chi connectivity index (χ2n) is 9.96. The molecular weight excluding hydrogens is 598 g/mol. The molecule has 2 aliphatic heterocycles. The molecule has 1 spiro atoms. The van der Waals surface area contributed by atoms with E-state index in [1.807, 2.05) is 19.1 Å². The van der Waals surface area contributed by atoms with Crippen LogP contribution in [0.4, 0.5) is 22.3 Å². The maximum atomic E-state index is 14.1. The zero-order valence-corrected chi connectivity index (χ0v) is 24.1. The van der Waals surface area contributed by atoms with Crippen molar-refractivity contribution in [1.29, 1.82) is 0 Å². The van der Waals surface area contributed by atoms with Crippen molar-refractivity contribution in [2.24, 2.45) is 14.1 Å². The van der Waals surface area contributed by atoms with Crippen molar-refractivity contribution in [1.82, 2.24) is 14.1 Å². The molecule has 10 nitrogen and oxygen atoms in total. The lowest BCUT2D eigenvalue weighted by atomic mass is 9.68. The minimum absolute atomic E-state index is 0.0130. The van der Waals surface area contributed by atoms with Gasteiger partial charge in [-0.1, -0.05) is 45.5 Å². The molecule has 2 aromatic carbocycles. The first kappa shape index (κ1) is 24.7. The van der Waals surface area contributed by atoms with Gasteiger partial charge in [-0.3, -0.25) is 23.6 Å². The second kappa shape index (κ2) is 8.12. The normalized spacial score (nSPS) is 17.2. The third kappa shape index (κ3) is 2.94. The van der Waals surface area contributed by atoms with Gasteiger partial charge in [0.2, 0.25) is 5.91 Å². The lowest BCUT2D eigenvalue weighted by Gasteiger charge is -2.40.